The first-order valence-corrected chi connectivity index (χ1v) is 4.53. The predicted octanol–water partition coefficient (Wildman–Crippen LogP) is -0.283. The molecule has 0 spiro atoms. The summed E-state index contributed by atoms with van der Waals surface area (Å²) in [6.45, 7) is 5.82. The van der Waals surface area contributed by atoms with Crippen molar-refractivity contribution in [3.8, 4) is 0 Å². The molecule has 0 atom stereocenters. The normalized spacial score (nSPS) is 10.1. The van der Waals surface area contributed by atoms with Crippen LogP contribution in [0.3, 0.4) is 0 Å². The maximum absolute atomic E-state index is 11.3. The van der Waals surface area contributed by atoms with Crippen LogP contribution in [0.2, 0.25) is 0 Å². The quantitative estimate of drug-likeness (QED) is 0.636. The van der Waals surface area contributed by atoms with Gasteiger partial charge in [0.05, 0.1) is 0 Å². The summed E-state index contributed by atoms with van der Waals surface area (Å²) < 4.78 is 4.68. The Balaban J connectivity index is 2.29. The van der Waals surface area contributed by atoms with Crippen molar-refractivity contribution in [3.05, 3.63) is 11.7 Å². The van der Waals surface area contributed by atoms with E-state index in [0.29, 0.717) is 12.4 Å². The first-order valence-electron chi connectivity index (χ1n) is 4.53. The molecule has 0 unspecified atom stereocenters. The molecule has 1 aromatic rings. The summed E-state index contributed by atoms with van der Waals surface area (Å²) in [5, 5.41) is 9.24. The van der Waals surface area contributed by atoms with Gasteiger partial charge in [-0.1, -0.05) is 12.1 Å². The molecule has 1 rings (SSSR count). The Morgan fingerprint density at radius 1 is 1.50 bits per heavy atom. The van der Waals surface area contributed by atoms with Crippen LogP contribution in [0, 0.1) is 6.92 Å². The van der Waals surface area contributed by atoms with Crippen LogP contribution >= 0.6 is 0 Å². The maximum Gasteiger partial charge on any atom is 0.292 e. The van der Waals surface area contributed by atoms with Crippen molar-refractivity contribution in [2.75, 3.05) is 19.6 Å². The molecular weight excluding hydrogens is 184 g/mol. The summed E-state index contributed by atoms with van der Waals surface area (Å²) in [7, 11) is 0. The van der Waals surface area contributed by atoms with Gasteiger partial charge in [0.2, 0.25) is 5.89 Å². The van der Waals surface area contributed by atoms with Gasteiger partial charge in [-0.05, 0) is 6.54 Å². The minimum atomic E-state index is -0.306. The molecule has 2 N–H and O–H groups in total. The molecule has 1 aromatic heterocycles. The fraction of sp³-hybridized carbons (Fsp3) is 0.625. The number of hydrogen-bond acceptors (Lipinski definition) is 5. The van der Waals surface area contributed by atoms with Crippen molar-refractivity contribution in [1.82, 2.24) is 20.8 Å². The van der Waals surface area contributed by atoms with Gasteiger partial charge < -0.3 is 15.2 Å². The molecule has 0 aliphatic carbocycles. The summed E-state index contributed by atoms with van der Waals surface area (Å²) in [5.74, 6) is 0.167. The van der Waals surface area contributed by atoms with Crippen molar-refractivity contribution >= 4 is 5.91 Å². The molecule has 6 nitrogen and oxygen atoms in total. The highest BCUT2D eigenvalue weighted by molar-refractivity contribution is 5.90. The molecule has 6 heteroatoms. The summed E-state index contributed by atoms with van der Waals surface area (Å²) in [6.07, 6.45) is 0. The third-order valence-corrected chi connectivity index (χ3v) is 1.57. The molecular formula is C8H14N4O2. The summed E-state index contributed by atoms with van der Waals surface area (Å²) >= 11 is 0. The Kier molecular flexibility index (Phi) is 4.06. The van der Waals surface area contributed by atoms with Gasteiger partial charge in [0, 0.05) is 20.0 Å². The zero-order chi connectivity index (χ0) is 10.4. The monoisotopic (exact) mass is 198 g/mol. The number of carbonyl (C=O) groups is 1. The predicted molar refractivity (Wildman–Crippen MR) is 49.9 cm³/mol. The van der Waals surface area contributed by atoms with Crippen LogP contribution in [0.25, 0.3) is 0 Å². The number of likely N-dealkylation sites (N-methyl/N-ethyl adjacent to an activating group) is 1. The Morgan fingerprint density at radius 3 is 2.86 bits per heavy atom. The van der Waals surface area contributed by atoms with Crippen molar-refractivity contribution in [2.45, 2.75) is 13.8 Å². The third-order valence-electron chi connectivity index (χ3n) is 1.57. The van der Waals surface area contributed by atoms with Gasteiger partial charge in [-0.25, -0.2) is 0 Å². The molecule has 0 saturated heterocycles. The van der Waals surface area contributed by atoms with E-state index in [9.17, 15) is 4.79 Å². The second kappa shape index (κ2) is 5.33. The zero-order valence-electron chi connectivity index (χ0n) is 8.33. The van der Waals surface area contributed by atoms with Gasteiger partial charge in [0.25, 0.3) is 11.7 Å². The number of nitrogens with one attached hydrogen (secondary N) is 2. The van der Waals surface area contributed by atoms with Gasteiger partial charge >= 0.3 is 0 Å². The van der Waals surface area contributed by atoms with Crippen LogP contribution in [0.1, 0.15) is 23.4 Å². The largest absolute Gasteiger partial charge is 0.348 e. The lowest BCUT2D eigenvalue weighted by atomic mass is 10.5. The lowest BCUT2D eigenvalue weighted by Crippen LogP contribution is -2.32. The number of nitrogens with zero attached hydrogens (tertiary/aromatic N) is 2. The lowest BCUT2D eigenvalue weighted by Gasteiger charge is -2.01. The van der Waals surface area contributed by atoms with E-state index in [1.807, 2.05) is 6.92 Å². The van der Waals surface area contributed by atoms with Crippen molar-refractivity contribution in [3.63, 3.8) is 0 Å². The molecule has 0 saturated carbocycles. The molecule has 1 heterocycles. The van der Waals surface area contributed by atoms with Crippen LogP contribution in [0.5, 0.6) is 0 Å². The number of amides is 1. The van der Waals surface area contributed by atoms with Crippen LogP contribution in [-0.4, -0.2) is 35.7 Å². The average molecular weight is 198 g/mol. The smallest absolute Gasteiger partial charge is 0.292 e. The van der Waals surface area contributed by atoms with Crippen molar-refractivity contribution in [1.29, 1.82) is 0 Å². The van der Waals surface area contributed by atoms with E-state index in [1.54, 1.807) is 6.92 Å². The molecule has 0 radical (unpaired) electrons. The van der Waals surface area contributed by atoms with E-state index in [2.05, 4.69) is 25.3 Å². The molecule has 0 fully saturated rings. The van der Waals surface area contributed by atoms with Gasteiger partial charge in [0.1, 0.15) is 0 Å². The van der Waals surface area contributed by atoms with Crippen LogP contribution in [0.4, 0.5) is 0 Å². The summed E-state index contributed by atoms with van der Waals surface area (Å²) in [4.78, 5) is 15.1. The van der Waals surface area contributed by atoms with E-state index in [4.69, 9.17) is 0 Å². The fourth-order valence-electron chi connectivity index (χ4n) is 0.912. The van der Waals surface area contributed by atoms with Crippen LogP contribution in [-0.2, 0) is 0 Å². The first-order chi connectivity index (χ1) is 6.74. The molecule has 1 amide bonds. The molecule has 0 bridgehead atoms. The Hall–Kier alpha value is -1.43. The van der Waals surface area contributed by atoms with E-state index < -0.39 is 0 Å². The van der Waals surface area contributed by atoms with E-state index >= 15 is 0 Å². The van der Waals surface area contributed by atoms with Crippen molar-refractivity contribution in [2.24, 2.45) is 0 Å². The number of aromatic nitrogens is 2. The first kappa shape index (κ1) is 10.6. The summed E-state index contributed by atoms with van der Waals surface area (Å²) in [6, 6.07) is 0. The van der Waals surface area contributed by atoms with Gasteiger partial charge in [0.15, 0.2) is 0 Å². The van der Waals surface area contributed by atoms with Crippen molar-refractivity contribution < 1.29 is 9.32 Å². The zero-order valence-corrected chi connectivity index (χ0v) is 8.33. The highest BCUT2D eigenvalue weighted by atomic mass is 16.5. The highest BCUT2D eigenvalue weighted by Gasteiger charge is 2.11. The Morgan fingerprint density at radius 2 is 2.29 bits per heavy atom. The van der Waals surface area contributed by atoms with Gasteiger partial charge in [-0.3, -0.25) is 4.79 Å². The Labute approximate surface area is 82.1 Å². The van der Waals surface area contributed by atoms with Crippen LogP contribution < -0.4 is 10.6 Å². The van der Waals surface area contributed by atoms with E-state index in [0.717, 1.165) is 13.1 Å². The lowest BCUT2D eigenvalue weighted by molar-refractivity contribution is 0.0940. The maximum atomic E-state index is 11.3. The molecule has 0 aromatic carbocycles. The van der Waals surface area contributed by atoms with E-state index in [1.165, 1.54) is 0 Å². The Bertz CT molecular complexity index is 297. The molecule has 14 heavy (non-hydrogen) atoms. The average Bonchev–Trinajstić information content (AvgIpc) is 2.59. The minimum Gasteiger partial charge on any atom is -0.348 e. The van der Waals surface area contributed by atoms with E-state index in [-0.39, 0.29) is 11.7 Å². The number of rotatable bonds is 5. The highest BCUT2D eigenvalue weighted by Crippen LogP contribution is 1.93. The summed E-state index contributed by atoms with van der Waals surface area (Å²) in [5.41, 5.74) is 0. The standard InChI is InChI=1S/C8H14N4O2/c1-3-9-4-5-10-8(13)7-11-6(2)14-12-7/h9H,3-5H2,1-2H3,(H,10,13). The van der Waals surface area contributed by atoms with Crippen LogP contribution in [0.15, 0.2) is 4.52 Å². The second-order valence-electron chi connectivity index (χ2n) is 2.75. The number of hydrogen-bond donors (Lipinski definition) is 2. The molecule has 0 aliphatic heterocycles. The van der Waals surface area contributed by atoms with Gasteiger partial charge in [-0.15, -0.1) is 0 Å². The molecule has 78 valence electrons. The topological polar surface area (TPSA) is 80.0 Å². The fourth-order valence-corrected chi connectivity index (χ4v) is 0.912. The number of aryl methyl sites for hydroxylation is 1. The minimum absolute atomic E-state index is 0.0824. The number of carbonyl (C=O) groups excluding carboxylic acids is 1. The third kappa shape index (κ3) is 3.14. The molecule has 0 aliphatic rings. The SMILES string of the molecule is CCNCCNC(=O)c1noc(C)n1. The van der Waals surface area contributed by atoms with Gasteiger partial charge in [-0.2, -0.15) is 4.98 Å². The second-order valence-corrected chi connectivity index (χ2v) is 2.75.